The molecule has 7 heteroatoms. The summed E-state index contributed by atoms with van der Waals surface area (Å²) in [6, 6.07) is 17.6. The van der Waals surface area contributed by atoms with Gasteiger partial charge in [-0.3, -0.25) is 0 Å². The first-order valence-corrected chi connectivity index (χ1v) is 8.58. The van der Waals surface area contributed by atoms with Crippen molar-refractivity contribution in [3.8, 4) is 22.0 Å². The maximum absolute atomic E-state index is 6.17. The first-order valence-electron chi connectivity index (χ1n) is 7.32. The highest BCUT2D eigenvalue weighted by atomic mass is 35.5. The highest BCUT2D eigenvalue weighted by Gasteiger charge is 2.11. The Balaban J connectivity index is 1.55. The van der Waals surface area contributed by atoms with E-state index in [9.17, 15) is 0 Å². The van der Waals surface area contributed by atoms with Crippen LogP contribution in [0.15, 0.2) is 60.0 Å². The van der Waals surface area contributed by atoms with Gasteiger partial charge in [0.1, 0.15) is 11.6 Å². The first kappa shape index (κ1) is 15.0. The fourth-order valence-corrected chi connectivity index (χ4v) is 3.34. The largest absolute Gasteiger partial charge is 0.239 e. The summed E-state index contributed by atoms with van der Waals surface area (Å²) in [6.45, 7) is 0.473. The summed E-state index contributed by atoms with van der Waals surface area (Å²) in [7, 11) is 0. The lowest BCUT2D eigenvalue weighted by Crippen LogP contribution is -2.04. The van der Waals surface area contributed by atoms with Crippen LogP contribution in [0.4, 0.5) is 0 Å². The Labute approximate surface area is 147 Å². The third kappa shape index (κ3) is 3.06. The molecule has 0 aliphatic heterocycles. The molecule has 0 spiro atoms. The van der Waals surface area contributed by atoms with E-state index in [4.69, 9.17) is 11.6 Å². The molecule has 0 saturated heterocycles. The van der Waals surface area contributed by atoms with Crippen LogP contribution < -0.4 is 0 Å². The van der Waals surface area contributed by atoms with Crippen LogP contribution in [-0.2, 0) is 6.54 Å². The van der Waals surface area contributed by atoms with E-state index in [0.717, 1.165) is 21.8 Å². The molecule has 0 atom stereocenters. The summed E-state index contributed by atoms with van der Waals surface area (Å²) in [5.74, 6) is 0.513. The third-order valence-corrected chi connectivity index (χ3v) is 4.71. The molecule has 0 fully saturated rings. The van der Waals surface area contributed by atoms with Crippen LogP contribution in [0.3, 0.4) is 0 Å². The van der Waals surface area contributed by atoms with Gasteiger partial charge in [0.05, 0.1) is 10.7 Å². The van der Waals surface area contributed by atoms with Gasteiger partial charge in [0, 0.05) is 16.5 Å². The highest BCUT2D eigenvalue weighted by molar-refractivity contribution is 7.13. The third-order valence-electron chi connectivity index (χ3n) is 3.44. The lowest BCUT2D eigenvalue weighted by molar-refractivity contribution is 0.566. The predicted octanol–water partition coefficient (Wildman–Crippen LogP) is 4.17. The maximum atomic E-state index is 6.17. The van der Waals surface area contributed by atoms with Gasteiger partial charge < -0.3 is 0 Å². The molecule has 0 aliphatic carbocycles. The van der Waals surface area contributed by atoms with Crippen molar-refractivity contribution in [2.75, 3.05) is 0 Å². The molecule has 24 heavy (non-hydrogen) atoms. The molecule has 0 amide bonds. The molecule has 0 saturated carbocycles. The lowest BCUT2D eigenvalue weighted by atomic mass is 10.2. The monoisotopic (exact) mass is 353 g/mol. The molecule has 4 rings (SSSR count). The molecule has 0 N–H and O–H groups in total. The lowest BCUT2D eigenvalue weighted by Gasteiger charge is -1.97. The summed E-state index contributed by atoms with van der Waals surface area (Å²) in [5.41, 5.74) is 2.78. The SMILES string of the molecule is Clc1ccccc1-c1nnn(Cc2csc(-c3ccccc3)n2)n1. The number of thiazole rings is 1. The molecule has 2 aromatic carbocycles. The van der Waals surface area contributed by atoms with Gasteiger partial charge in [-0.05, 0) is 17.3 Å². The fraction of sp³-hybridized carbons (Fsp3) is 0.0588. The molecule has 118 valence electrons. The van der Waals surface area contributed by atoms with E-state index in [-0.39, 0.29) is 0 Å². The van der Waals surface area contributed by atoms with Crippen molar-refractivity contribution in [3.63, 3.8) is 0 Å². The van der Waals surface area contributed by atoms with Gasteiger partial charge >= 0.3 is 0 Å². The second-order valence-corrected chi connectivity index (χ2v) is 6.40. The van der Waals surface area contributed by atoms with Crippen molar-refractivity contribution in [1.82, 2.24) is 25.2 Å². The standard InChI is InChI=1S/C17H12ClN5S/c18-15-9-5-4-8-14(15)16-20-22-23(21-16)10-13-11-24-17(19-13)12-6-2-1-3-7-12/h1-9,11H,10H2. The fourth-order valence-electron chi connectivity index (χ4n) is 2.30. The minimum atomic E-state index is 0.473. The quantitative estimate of drug-likeness (QED) is 0.552. The van der Waals surface area contributed by atoms with Gasteiger partial charge in [-0.15, -0.1) is 21.5 Å². The van der Waals surface area contributed by atoms with Crippen molar-refractivity contribution in [1.29, 1.82) is 0 Å². The summed E-state index contributed by atoms with van der Waals surface area (Å²) in [5, 5.41) is 16.2. The average molecular weight is 354 g/mol. The van der Waals surface area contributed by atoms with Crippen LogP contribution in [0, 0.1) is 0 Å². The van der Waals surface area contributed by atoms with E-state index in [1.54, 1.807) is 11.3 Å². The van der Waals surface area contributed by atoms with Crippen molar-refractivity contribution < 1.29 is 0 Å². The number of nitrogens with zero attached hydrogens (tertiary/aromatic N) is 5. The van der Waals surface area contributed by atoms with Crippen LogP contribution in [0.5, 0.6) is 0 Å². The van der Waals surface area contributed by atoms with Crippen LogP contribution in [0.1, 0.15) is 5.69 Å². The number of rotatable bonds is 4. The van der Waals surface area contributed by atoms with Crippen molar-refractivity contribution in [2.45, 2.75) is 6.54 Å². The number of tetrazole rings is 1. The number of benzene rings is 2. The van der Waals surface area contributed by atoms with E-state index < -0.39 is 0 Å². The highest BCUT2D eigenvalue weighted by Crippen LogP contribution is 2.25. The molecule has 0 aliphatic rings. The van der Waals surface area contributed by atoms with Crippen molar-refractivity contribution in [2.24, 2.45) is 0 Å². The predicted molar refractivity (Wildman–Crippen MR) is 94.9 cm³/mol. The van der Waals surface area contributed by atoms with E-state index in [1.165, 1.54) is 4.80 Å². The molecule has 2 heterocycles. The summed E-state index contributed by atoms with van der Waals surface area (Å²) >= 11 is 7.78. The van der Waals surface area contributed by atoms with E-state index in [1.807, 2.05) is 60.0 Å². The van der Waals surface area contributed by atoms with Gasteiger partial charge in [0.25, 0.3) is 0 Å². The van der Waals surface area contributed by atoms with Crippen LogP contribution in [0.25, 0.3) is 22.0 Å². The summed E-state index contributed by atoms with van der Waals surface area (Å²) in [4.78, 5) is 6.17. The first-order chi connectivity index (χ1) is 11.8. The van der Waals surface area contributed by atoms with E-state index >= 15 is 0 Å². The molecule has 0 radical (unpaired) electrons. The van der Waals surface area contributed by atoms with E-state index in [0.29, 0.717) is 17.4 Å². The zero-order chi connectivity index (χ0) is 16.4. The van der Waals surface area contributed by atoms with Gasteiger partial charge in [-0.2, -0.15) is 4.80 Å². The molecule has 4 aromatic rings. The molecule has 0 unspecified atom stereocenters. The molecule has 0 bridgehead atoms. The van der Waals surface area contributed by atoms with Crippen LogP contribution in [-0.4, -0.2) is 25.2 Å². The average Bonchev–Trinajstić information content (AvgIpc) is 3.26. The summed E-state index contributed by atoms with van der Waals surface area (Å²) in [6.07, 6.45) is 0. The van der Waals surface area contributed by atoms with E-state index in [2.05, 4.69) is 20.4 Å². The van der Waals surface area contributed by atoms with Gasteiger partial charge in [0.15, 0.2) is 0 Å². The van der Waals surface area contributed by atoms with Crippen LogP contribution in [0.2, 0.25) is 5.02 Å². The zero-order valence-corrected chi connectivity index (χ0v) is 14.1. The second-order valence-electron chi connectivity index (χ2n) is 5.13. The number of aromatic nitrogens is 5. The molecular weight excluding hydrogens is 342 g/mol. The normalized spacial score (nSPS) is 10.9. The Morgan fingerprint density at radius 2 is 1.79 bits per heavy atom. The summed E-state index contributed by atoms with van der Waals surface area (Å²) < 4.78 is 0. The van der Waals surface area contributed by atoms with Crippen molar-refractivity contribution in [3.05, 3.63) is 70.7 Å². The Kier molecular flexibility index (Phi) is 4.06. The number of hydrogen-bond donors (Lipinski definition) is 0. The topological polar surface area (TPSA) is 56.5 Å². The number of halogens is 1. The Hall–Kier alpha value is -2.57. The Morgan fingerprint density at radius 1 is 1.00 bits per heavy atom. The molecule has 2 aromatic heterocycles. The van der Waals surface area contributed by atoms with Crippen molar-refractivity contribution >= 4 is 22.9 Å². The van der Waals surface area contributed by atoms with Gasteiger partial charge in [-0.25, -0.2) is 4.98 Å². The smallest absolute Gasteiger partial charge is 0.206 e. The van der Waals surface area contributed by atoms with Gasteiger partial charge in [0.2, 0.25) is 5.82 Å². The second kappa shape index (κ2) is 6.51. The maximum Gasteiger partial charge on any atom is 0.206 e. The van der Waals surface area contributed by atoms with Gasteiger partial charge in [-0.1, -0.05) is 54.1 Å². The Bertz CT molecular complexity index is 964. The Morgan fingerprint density at radius 3 is 2.62 bits per heavy atom. The number of hydrogen-bond acceptors (Lipinski definition) is 5. The molecular formula is C17H12ClN5S. The molecule has 5 nitrogen and oxygen atoms in total. The minimum Gasteiger partial charge on any atom is -0.239 e. The van der Waals surface area contributed by atoms with Crippen LogP contribution >= 0.6 is 22.9 Å². The zero-order valence-electron chi connectivity index (χ0n) is 12.5. The minimum absolute atomic E-state index is 0.473.